The van der Waals surface area contributed by atoms with Crippen LogP contribution in [0.4, 0.5) is 0 Å². The lowest BCUT2D eigenvalue weighted by Gasteiger charge is -2.07. The van der Waals surface area contributed by atoms with Crippen LogP contribution in [0.3, 0.4) is 0 Å². The molecule has 1 aromatic carbocycles. The number of benzene rings is 1. The fourth-order valence-corrected chi connectivity index (χ4v) is 2.34. The average molecular weight is 275 g/mol. The van der Waals surface area contributed by atoms with E-state index in [4.69, 9.17) is 9.47 Å². The largest absolute Gasteiger partial charge is 0.497 e. The van der Waals surface area contributed by atoms with Gasteiger partial charge in [0.25, 0.3) is 5.82 Å². The van der Waals surface area contributed by atoms with Gasteiger partial charge in [-0.1, -0.05) is 6.92 Å². The first-order valence-electron chi connectivity index (χ1n) is 6.95. The van der Waals surface area contributed by atoms with E-state index in [0.717, 1.165) is 31.0 Å². The molecule has 1 aromatic heterocycles. The smallest absolute Gasteiger partial charge is 0.253 e. The Bertz CT molecular complexity index is 554. The fraction of sp³-hybridized carbons (Fsp3) is 0.438. The topological polar surface area (TPSA) is 27.3 Å². The predicted molar refractivity (Wildman–Crippen MR) is 78.3 cm³/mol. The molecule has 0 N–H and O–H groups in total. The zero-order valence-electron chi connectivity index (χ0n) is 12.7. The van der Waals surface area contributed by atoms with Crippen molar-refractivity contribution in [3.63, 3.8) is 0 Å². The zero-order valence-corrected chi connectivity index (χ0v) is 12.7. The van der Waals surface area contributed by atoms with Crippen molar-refractivity contribution in [2.75, 3.05) is 14.2 Å². The van der Waals surface area contributed by atoms with Crippen molar-refractivity contribution in [1.29, 1.82) is 0 Å². The Morgan fingerprint density at radius 1 is 1.10 bits per heavy atom. The first kappa shape index (κ1) is 14.4. The number of methoxy groups -OCH3 is 2. The molecule has 0 aliphatic rings. The van der Waals surface area contributed by atoms with Crippen LogP contribution in [0, 0.1) is 6.92 Å². The third-order valence-electron chi connectivity index (χ3n) is 3.49. The lowest BCUT2D eigenvalue weighted by molar-refractivity contribution is -0.694. The monoisotopic (exact) mass is 275 g/mol. The highest BCUT2D eigenvalue weighted by Crippen LogP contribution is 2.22. The van der Waals surface area contributed by atoms with Crippen LogP contribution in [0.15, 0.2) is 30.6 Å². The highest BCUT2D eigenvalue weighted by Gasteiger charge is 2.12. The van der Waals surface area contributed by atoms with E-state index in [1.54, 1.807) is 14.2 Å². The molecule has 0 fully saturated rings. The van der Waals surface area contributed by atoms with Gasteiger partial charge in [-0.15, -0.1) is 0 Å². The van der Waals surface area contributed by atoms with Gasteiger partial charge in [-0.25, -0.2) is 9.13 Å². The molecule has 0 saturated heterocycles. The molecule has 0 spiro atoms. The normalized spacial score (nSPS) is 10.6. The maximum atomic E-state index is 5.31. The summed E-state index contributed by atoms with van der Waals surface area (Å²) in [6.45, 7) is 6.21. The van der Waals surface area contributed by atoms with E-state index in [2.05, 4.69) is 35.4 Å². The predicted octanol–water partition coefficient (Wildman–Crippen LogP) is 2.56. The Kier molecular flexibility index (Phi) is 4.66. The summed E-state index contributed by atoms with van der Waals surface area (Å²) in [5, 5.41) is 0. The van der Waals surface area contributed by atoms with E-state index >= 15 is 0 Å². The van der Waals surface area contributed by atoms with Crippen molar-refractivity contribution >= 4 is 0 Å². The highest BCUT2D eigenvalue weighted by molar-refractivity contribution is 5.38. The second-order valence-electron chi connectivity index (χ2n) is 4.89. The molecule has 2 aromatic rings. The van der Waals surface area contributed by atoms with E-state index in [0.29, 0.717) is 0 Å². The van der Waals surface area contributed by atoms with Crippen molar-refractivity contribution in [1.82, 2.24) is 4.57 Å². The number of imidazole rings is 1. The van der Waals surface area contributed by atoms with Crippen molar-refractivity contribution in [3.05, 3.63) is 42.0 Å². The Balaban J connectivity index is 2.25. The van der Waals surface area contributed by atoms with Gasteiger partial charge in [-0.3, -0.25) is 0 Å². The van der Waals surface area contributed by atoms with Crippen molar-refractivity contribution in [2.24, 2.45) is 0 Å². The van der Waals surface area contributed by atoms with Crippen LogP contribution in [0.5, 0.6) is 11.5 Å². The number of aromatic nitrogens is 2. The molecule has 2 rings (SSSR count). The van der Waals surface area contributed by atoms with Gasteiger partial charge in [-0.05, 0) is 18.6 Å². The number of ether oxygens (including phenoxy) is 2. The molecule has 0 aliphatic heterocycles. The summed E-state index contributed by atoms with van der Waals surface area (Å²) in [6, 6.07) is 5.99. The van der Waals surface area contributed by atoms with Gasteiger partial charge in [-0.2, -0.15) is 0 Å². The summed E-state index contributed by atoms with van der Waals surface area (Å²) in [4.78, 5) is 0. The van der Waals surface area contributed by atoms with Gasteiger partial charge in [0.05, 0.1) is 20.8 Å². The lowest BCUT2D eigenvalue weighted by Crippen LogP contribution is -2.36. The first-order chi connectivity index (χ1) is 9.67. The van der Waals surface area contributed by atoms with E-state index in [1.165, 1.54) is 11.4 Å². The Morgan fingerprint density at radius 2 is 1.75 bits per heavy atom. The third kappa shape index (κ3) is 3.13. The van der Waals surface area contributed by atoms with Gasteiger partial charge in [0.1, 0.15) is 30.4 Å². The molecular weight excluding hydrogens is 252 g/mol. The molecule has 0 bridgehead atoms. The molecule has 0 saturated carbocycles. The van der Waals surface area contributed by atoms with Gasteiger partial charge in [0.15, 0.2) is 0 Å². The molecular formula is C16H23N2O2+. The average Bonchev–Trinajstić information content (AvgIpc) is 2.80. The SMILES string of the molecule is CCCn1cc[n+](Cc2cc(OC)cc(OC)c2)c1C. The van der Waals surface area contributed by atoms with E-state index in [9.17, 15) is 0 Å². The zero-order chi connectivity index (χ0) is 14.5. The number of rotatable bonds is 6. The van der Waals surface area contributed by atoms with Crippen LogP contribution in [0.1, 0.15) is 24.7 Å². The Morgan fingerprint density at radius 3 is 2.30 bits per heavy atom. The molecule has 0 amide bonds. The van der Waals surface area contributed by atoms with Gasteiger partial charge < -0.3 is 9.47 Å². The maximum Gasteiger partial charge on any atom is 0.253 e. The minimum Gasteiger partial charge on any atom is -0.497 e. The van der Waals surface area contributed by atoms with Gasteiger partial charge >= 0.3 is 0 Å². The quantitative estimate of drug-likeness (QED) is 0.758. The molecule has 0 unspecified atom stereocenters. The number of hydrogen-bond donors (Lipinski definition) is 0. The molecule has 4 heteroatoms. The van der Waals surface area contributed by atoms with Crippen LogP contribution in [-0.2, 0) is 13.1 Å². The summed E-state index contributed by atoms with van der Waals surface area (Å²) in [6.07, 6.45) is 5.40. The van der Waals surface area contributed by atoms with Crippen LogP contribution in [0.2, 0.25) is 0 Å². The molecule has 108 valence electrons. The summed E-state index contributed by atoms with van der Waals surface area (Å²) in [5.74, 6) is 2.91. The van der Waals surface area contributed by atoms with Crippen molar-refractivity contribution in [3.8, 4) is 11.5 Å². The van der Waals surface area contributed by atoms with E-state index in [-0.39, 0.29) is 0 Å². The summed E-state index contributed by atoms with van der Waals surface area (Å²) in [5.41, 5.74) is 1.17. The van der Waals surface area contributed by atoms with Crippen molar-refractivity contribution in [2.45, 2.75) is 33.4 Å². The van der Waals surface area contributed by atoms with Crippen LogP contribution < -0.4 is 14.0 Å². The Labute approximate surface area is 120 Å². The summed E-state index contributed by atoms with van der Waals surface area (Å²) in [7, 11) is 3.35. The van der Waals surface area contributed by atoms with Crippen LogP contribution >= 0.6 is 0 Å². The first-order valence-corrected chi connectivity index (χ1v) is 6.95. The number of aryl methyl sites for hydroxylation is 1. The van der Waals surface area contributed by atoms with Crippen LogP contribution in [0.25, 0.3) is 0 Å². The van der Waals surface area contributed by atoms with Gasteiger partial charge in [0.2, 0.25) is 0 Å². The fourth-order valence-electron chi connectivity index (χ4n) is 2.34. The van der Waals surface area contributed by atoms with Gasteiger partial charge in [0, 0.05) is 18.6 Å². The molecule has 0 aliphatic carbocycles. The molecule has 0 radical (unpaired) electrons. The lowest BCUT2D eigenvalue weighted by atomic mass is 10.2. The highest BCUT2D eigenvalue weighted by atomic mass is 16.5. The second kappa shape index (κ2) is 6.46. The minimum atomic E-state index is 0.816. The summed E-state index contributed by atoms with van der Waals surface area (Å²) < 4.78 is 15.1. The molecule has 4 nitrogen and oxygen atoms in total. The standard InChI is InChI=1S/C16H23N2O2/c1-5-6-17-7-8-18(13(17)2)12-14-9-15(19-3)11-16(10-14)20-4/h7-11H,5-6,12H2,1-4H3/q+1. The number of hydrogen-bond acceptors (Lipinski definition) is 2. The maximum absolute atomic E-state index is 5.31. The third-order valence-corrected chi connectivity index (χ3v) is 3.49. The summed E-state index contributed by atoms with van der Waals surface area (Å²) >= 11 is 0. The van der Waals surface area contributed by atoms with Crippen molar-refractivity contribution < 1.29 is 14.0 Å². The van der Waals surface area contributed by atoms with E-state index < -0.39 is 0 Å². The molecule has 20 heavy (non-hydrogen) atoms. The van der Waals surface area contributed by atoms with Crippen LogP contribution in [-0.4, -0.2) is 18.8 Å². The molecule has 1 heterocycles. The Hall–Kier alpha value is -1.97. The second-order valence-corrected chi connectivity index (χ2v) is 4.89. The number of nitrogens with zero attached hydrogens (tertiary/aromatic N) is 2. The minimum absolute atomic E-state index is 0.816. The molecule has 0 atom stereocenters. The van der Waals surface area contributed by atoms with E-state index in [1.807, 2.05) is 18.2 Å².